The maximum atomic E-state index is 5.73. The van der Waals surface area contributed by atoms with Crippen molar-refractivity contribution in [2.45, 2.75) is 46.1 Å². The van der Waals surface area contributed by atoms with Gasteiger partial charge in [-0.1, -0.05) is 56.9 Å². The summed E-state index contributed by atoms with van der Waals surface area (Å²) in [5, 5.41) is 0.604. The Labute approximate surface area is 182 Å². The Hall–Kier alpha value is -2.91. The van der Waals surface area contributed by atoms with E-state index in [1.165, 1.54) is 42.6 Å². The summed E-state index contributed by atoms with van der Waals surface area (Å²) < 4.78 is 3.15. The Morgan fingerprint density at radius 1 is 1.07 bits per heavy atom. The van der Waals surface area contributed by atoms with Gasteiger partial charge in [-0.05, 0) is 41.7 Å². The number of fused-ring (bicyclic) bond motifs is 2. The zero-order valence-electron chi connectivity index (χ0n) is 17.7. The fourth-order valence-corrected chi connectivity index (χ4v) is 4.59. The van der Waals surface area contributed by atoms with Gasteiger partial charge in [-0.25, -0.2) is 15.0 Å². The van der Waals surface area contributed by atoms with E-state index >= 15 is 0 Å². The summed E-state index contributed by atoms with van der Waals surface area (Å²) in [6, 6.07) is 10.1. The minimum atomic E-state index is 0.604. The molecule has 0 radical (unpaired) electrons. The van der Waals surface area contributed by atoms with Gasteiger partial charge in [-0.2, -0.15) is 0 Å². The largest absolute Gasteiger partial charge is 0.375 e. The lowest BCUT2D eigenvalue weighted by Crippen LogP contribution is -2.12. The average molecular weight is 420 g/mol. The van der Waals surface area contributed by atoms with Gasteiger partial charge >= 0.3 is 0 Å². The molecule has 0 saturated heterocycles. The third-order valence-electron chi connectivity index (χ3n) is 5.74. The van der Waals surface area contributed by atoms with Crippen LogP contribution < -0.4 is 5.73 Å². The summed E-state index contributed by atoms with van der Waals surface area (Å²) >= 11 is 1.51. The minimum absolute atomic E-state index is 0.604. The monoisotopic (exact) mass is 419 g/mol. The van der Waals surface area contributed by atoms with Crippen molar-refractivity contribution in [2.24, 2.45) is 11.8 Å². The number of nitrogen functional groups attached to an aromatic ring is 1. The zero-order valence-corrected chi connectivity index (χ0v) is 18.5. The molecule has 2 atom stereocenters. The van der Waals surface area contributed by atoms with Crippen LogP contribution in [0.4, 0.5) is 5.13 Å². The molecule has 5 rings (SSSR count). The molecule has 0 unspecified atom stereocenters. The lowest BCUT2D eigenvalue weighted by Gasteiger charge is -2.24. The third-order valence-corrected chi connectivity index (χ3v) is 6.58. The molecule has 2 N–H and O–H groups in total. The average Bonchev–Trinajstić information content (AvgIpc) is 3.34. The predicted molar refractivity (Wildman–Crippen MR) is 127 cm³/mol. The number of hydrogen-bond acceptors (Lipinski definition) is 5. The maximum Gasteiger partial charge on any atom is 0.181 e. The highest BCUT2D eigenvalue weighted by atomic mass is 32.1. The van der Waals surface area contributed by atoms with Crippen molar-refractivity contribution in [3.8, 4) is 12.8 Å². The molecule has 0 aliphatic heterocycles. The summed E-state index contributed by atoms with van der Waals surface area (Å²) in [4.78, 5) is 13.0. The van der Waals surface area contributed by atoms with Crippen molar-refractivity contribution < 1.29 is 0 Å². The molecule has 0 spiro atoms. The Kier molecular flexibility index (Phi) is 7.42. The SMILES string of the molecule is C#C.C[C@@H]1CCCC[C@@H]1C.Nc1nc2ccc(Cn3cnc4cccnc43)cc2s1. The number of aromatic nitrogens is 4. The molecule has 1 aromatic carbocycles. The highest BCUT2D eigenvalue weighted by molar-refractivity contribution is 7.22. The number of benzene rings is 1. The van der Waals surface area contributed by atoms with E-state index in [1.807, 2.05) is 29.1 Å². The molecule has 6 heteroatoms. The molecule has 0 bridgehead atoms. The van der Waals surface area contributed by atoms with Gasteiger partial charge in [0.2, 0.25) is 0 Å². The summed E-state index contributed by atoms with van der Waals surface area (Å²) in [6.45, 7) is 5.49. The smallest absolute Gasteiger partial charge is 0.181 e. The Morgan fingerprint density at radius 2 is 1.80 bits per heavy atom. The quantitative estimate of drug-likeness (QED) is 0.420. The molecule has 1 aliphatic carbocycles. The van der Waals surface area contributed by atoms with Gasteiger partial charge in [0.25, 0.3) is 0 Å². The van der Waals surface area contributed by atoms with Crippen LogP contribution in [0.15, 0.2) is 42.9 Å². The number of anilines is 1. The molecule has 156 valence electrons. The summed E-state index contributed by atoms with van der Waals surface area (Å²) in [5.41, 5.74) is 9.68. The molecule has 3 aromatic heterocycles. The van der Waals surface area contributed by atoms with Crippen LogP contribution in [-0.4, -0.2) is 19.5 Å². The van der Waals surface area contributed by atoms with Crippen molar-refractivity contribution >= 4 is 37.8 Å². The fourth-order valence-electron chi connectivity index (χ4n) is 3.80. The number of thiazole rings is 1. The number of nitrogens with two attached hydrogens (primary N) is 1. The van der Waals surface area contributed by atoms with Crippen molar-refractivity contribution in [3.05, 3.63) is 48.4 Å². The van der Waals surface area contributed by atoms with Gasteiger partial charge in [0.15, 0.2) is 10.8 Å². The first-order valence-corrected chi connectivity index (χ1v) is 11.2. The zero-order chi connectivity index (χ0) is 21.5. The lowest BCUT2D eigenvalue weighted by atomic mass is 9.82. The second-order valence-corrected chi connectivity index (χ2v) is 8.87. The van der Waals surface area contributed by atoms with E-state index in [0.717, 1.165) is 39.8 Å². The number of hydrogen-bond donors (Lipinski definition) is 1. The van der Waals surface area contributed by atoms with Crippen LogP contribution in [0.2, 0.25) is 0 Å². The molecular weight excluding hydrogens is 390 g/mol. The third kappa shape index (κ3) is 5.17. The first-order valence-electron chi connectivity index (χ1n) is 10.3. The van der Waals surface area contributed by atoms with Gasteiger partial charge in [0.1, 0.15) is 5.52 Å². The van der Waals surface area contributed by atoms with E-state index in [-0.39, 0.29) is 0 Å². The number of pyridine rings is 1. The summed E-state index contributed by atoms with van der Waals surface area (Å²) in [5.74, 6) is 2.01. The number of nitrogens with zero attached hydrogens (tertiary/aromatic N) is 4. The first-order chi connectivity index (χ1) is 14.6. The summed E-state index contributed by atoms with van der Waals surface area (Å²) in [6.07, 6.45) is 17.5. The van der Waals surface area contributed by atoms with Gasteiger partial charge in [0.05, 0.1) is 23.1 Å². The molecule has 5 nitrogen and oxygen atoms in total. The van der Waals surface area contributed by atoms with Crippen LogP contribution in [-0.2, 0) is 6.54 Å². The Bertz CT molecular complexity index is 1100. The normalized spacial score (nSPS) is 18.3. The van der Waals surface area contributed by atoms with E-state index in [0.29, 0.717) is 5.13 Å². The van der Waals surface area contributed by atoms with E-state index in [1.54, 1.807) is 6.20 Å². The lowest BCUT2D eigenvalue weighted by molar-refractivity contribution is 0.277. The Morgan fingerprint density at radius 3 is 2.50 bits per heavy atom. The standard InChI is InChI=1S/C14H11N5S.C8H16.C2H2/c15-14-18-10-4-3-9(6-12(10)20-14)7-19-8-17-11-2-1-5-16-13(11)19;1-7-5-3-4-6-8(7)2;1-2/h1-6,8H,7H2,(H2,15,18);7-8H,3-6H2,1-2H3;1-2H/t;7-,8+;. The molecule has 1 fully saturated rings. The Balaban J connectivity index is 0.000000216. The van der Waals surface area contributed by atoms with Gasteiger partial charge in [0, 0.05) is 6.20 Å². The predicted octanol–water partition coefficient (Wildman–Crippen LogP) is 5.75. The second-order valence-electron chi connectivity index (χ2n) is 7.81. The molecule has 1 saturated carbocycles. The van der Waals surface area contributed by atoms with E-state index in [2.05, 4.69) is 53.8 Å². The van der Waals surface area contributed by atoms with E-state index in [4.69, 9.17) is 5.73 Å². The van der Waals surface area contributed by atoms with Crippen molar-refractivity contribution in [3.63, 3.8) is 0 Å². The van der Waals surface area contributed by atoms with E-state index < -0.39 is 0 Å². The molecule has 1 aliphatic rings. The highest BCUT2D eigenvalue weighted by Gasteiger charge is 2.15. The number of terminal acetylenes is 1. The molecule has 4 aromatic rings. The van der Waals surface area contributed by atoms with E-state index in [9.17, 15) is 0 Å². The van der Waals surface area contributed by atoms with Crippen molar-refractivity contribution in [1.29, 1.82) is 0 Å². The topological polar surface area (TPSA) is 69.6 Å². The second kappa shape index (κ2) is 10.2. The van der Waals surface area contributed by atoms with Crippen LogP contribution in [0.25, 0.3) is 21.4 Å². The molecule has 30 heavy (non-hydrogen) atoms. The van der Waals surface area contributed by atoms with Crippen LogP contribution in [0, 0.1) is 24.7 Å². The van der Waals surface area contributed by atoms with Crippen LogP contribution in [0.3, 0.4) is 0 Å². The number of imidazole rings is 1. The minimum Gasteiger partial charge on any atom is -0.375 e. The molecule has 3 heterocycles. The van der Waals surface area contributed by atoms with Gasteiger partial charge in [-0.15, -0.1) is 12.8 Å². The van der Waals surface area contributed by atoms with Crippen molar-refractivity contribution in [1.82, 2.24) is 19.5 Å². The molecule has 0 amide bonds. The summed E-state index contributed by atoms with van der Waals surface area (Å²) in [7, 11) is 0. The van der Waals surface area contributed by atoms with Crippen LogP contribution in [0.5, 0.6) is 0 Å². The number of rotatable bonds is 2. The first kappa shape index (κ1) is 21.8. The van der Waals surface area contributed by atoms with Gasteiger partial charge in [-0.3, -0.25) is 0 Å². The van der Waals surface area contributed by atoms with Crippen molar-refractivity contribution in [2.75, 3.05) is 5.73 Å². The maximum absolute atomic E-state index is 5.73. The van der Waals surface area contributed by atoms with Crippen LogP contribution >= 0.6 is 11.3 Å². The van der Waals surface area contributed by atoms with Gasteiger partial charge < -0.3 is 10.3 Å². The highest BCUT2D eigenvalue weighted by Crippen LogP contribution is 2.28. The van der Waals surface area contributed by atoms with Crippen LogP contribution in [0.1, 0.15) is 45.1 Å². The molecular formula is C24H29N5S. The fraction of sp³-hybridized carbons (Fsp3) is 0.375.